The highest BCUT2D eigenvalue weighted by molar-refractivity contribution is 6.20. The Morgan fingerprint density at radius 2 is 2.19 bits per heavy atom. The number of urea groups is 1. The average molecular weight is 219 g/mol. The van der Waals surface area contributed by atoms with Crippen molar-refractivity contribution in [3.8, 4) is 6.07 Å². The first-order valence-corrected chi connectivity index (χ1v) is 4.44. The molecule has 16 heavy (non-hydrogen) atoms. The van der Waals surface area contributed by atoms with Crippen LogP contribution in [-0.2, 0) is 4.79 Å². The summed E-state index contributed by atoms with van der Waals surface area (Å²) < 4.78 is 13.3. The first kappa shape index (κ1) is 10.1. The smallest absolute Gasteiger partial charge is 0.328 e. The molecule has 0 aliphatic carbocycles. The fourth-order valence-corrected chi connectivity index (χ4v) is 1.48. The van der Waals surface area contributed by atoms with Crippen LogP contribution in [0.1, 0.15) is 5.56 Å². The number of hydrogen-bond donors (Lipinski definition) is 1. The number of nitriles is 1. The van der Waals surface area contributed by atoms with Crippen molar-refractivity contribution in [2.45, 2.75) is 0 Å². The monoisotopic (exact) mass is 219 g/mol. The first-order chi connectivity index (χ1) is 7.65. The van der Waals surface area contributed by atoms with Crippen LogP contribution in [0, 0.1) is 17.1 Å². The molecule has 0 bridgehead atoms. The van der Waals surface area contributed by atoms with Crippen LogP contribution in [0.25, 0.3) is 0 Å². The second-order valence-corrected chi connectivity index (χ2v) is 3.13. The van der Waals surface area contributed by atoms with Crippen LogP contribution in [0.3, 0.4) is 0 Å². The number of carbonyl (C=O) groups is 2. The zero-order valence-corrected chi connectivity index (χ0v) is 8.03. The standard InChI is InChI=1S/C10H6FN3O2/c11-7-2-1-3-8(6(7)4-12)14-9(15)5-13-10(14)16/h1-3H,5H2,(H,13,16). The van der Waals surface area contributed by atoms with Crippen molar-refractivity contribution in [1.29, 1.82) is 5.26 Å². The van der Waals surface area contributed by atoms with E-state index in [1.54, 1.807) is 6.07 Å². The van der Waals surface area contributed by atoms with E-state index in [4.69, 9.17) is 5.26 Å². The highest BCUT2D eigenvalue weighted by Gasteiger charge is 2.32. The fourth-order valence-electron chi connectivity index (χ4n) is 1.48. The van der Waals surface area contributed by atoms with Crippen molar-refractivity contribution in [2.75, 3.05) is 11.4 Å². The molecule has 0 radical (unpaired) electrons. The first-order valence-electron chi connectivity index (χ1n) is 4.44. The minimum atomic E-state index is -0.757. The lowest BCUT2D eigenvalue weighted by Crippen LogP contribution is -2.31. The van der Waals surface area contributed by atoms with Gasteiger partial charge in [0.1, 0.15) is 17.4 Å². The van der Waals surface area contributed by atoms with Crippen molar-refractivity contribution in [1.82, 2.24) is 5.32 Å². The van der Waals surface area contributed by atoms with Gasteiger partial charge in [-0.1, -0.05) is 6.07 Å². The summed E-state index contributed by atoms with van der Waals surface area (Å²) >= 11 is 0. The van der Waals surface area contributed by atoms with E-state index in [9.17, 15) is 14.0 Å². The van der Waals surface area contributed by atoms with Crippen LogP contribution in [0.5, 0.6) is 0 Å². The molecule has 1 aliphatic rings. The maximum atomic E-state index is 13.3. The predicted octanol–water partition coefficient (Wildman–Crippen LogP) is 0.754. The van der Waals surface area contributed by atoms with Gasteiger partial charge in [-0.15, -0.1) is 0 Å². The lowest BCUT2D eigenvalue weighted by Gasteiger charge is -2.13. The van der Waals surface area contributed by atoms with E-state index in [0.717, 1.165) is 11.0 Å². The minimum Gasteiger partial charge on any atom is -0.328 e. The van der Waals surface area contributed by atoms with Crippen LogP contribution >= 0.6 is 0 Å². The number of hydrogen-bond acceptors (Lipinski definition) is 3. The zero-order chi connectivity index (χ0) is 11.7. The molecule has 0 saturated carbocycles. The molecule has 3 amide bonds. The maximum Gasteiger partial charge on any atom is 0.329 e. The normalized spacial score (nSPS) is 14.9. The van der Waals surface area contributed by atoms with Crippen molar-refractivity contribution >= 4 is 17.6 Å². The third-order valence-electron chi connectivity index (χ3n) is 2.19. The summed E-state index contributed by atoms with van der Waals surface area (Å²) in [7, 11) is 0. The van der Waals surface area contributed by atoms with Gasteiger partial charge in [-0.2, -0.15) is 5.26 Å². The molecule has 0 atom stereocenters. The van der Waals surface area contributed by atoms with Crippen LogP contribution in [0.2, 0.25) is 0 Å². The van der Waals surface area contributed by atoms with Gasteiger partial charge in [-0.25, -0.2) is 14.1 Å². The lowest BCUT2D eigenvalue weighted by molar-refractivity contribution is -0.115. The van der Waals surface area contributed by atoms with Gasteiger partial charge in [0.25, 0.3) is 5.91 Å². The Kier molecular flexibility index (Phi) is 2.29. The lowest BCUT2D eigenvalue weighted by atomic mass is 10.1. The molecule has 80 valence electrons. The number of nitrogens with one attached hydrogen (secondary N) is 1. The van der Waals surface area contributed by atoms with E-state index < -0.39 is 17.8 Å². The number of rotatable bonds is 1. The summed E-state index contributed by atoms with van der Waals surface area (Å²) in [6.45, 7) is -0.139. The highest BCUT2D eigenvalue weighted by atomic mass is 19.1. The molecule has 1 heterocycles. The molecular weight excluding hydrogens is 213 g/mol. The molecule has 1 saturated heterocycles. The van der Waals surface area contributed by atoms with Gasteiger partial charge in [0, 0.05) is 0 Å². The summed E-state index contributed by atoms with van der Waals surface area (Å²) in [6.07, 6.45) is 0. The van der Waals surface area contributed by atoms with E-state index >= 15 is 0 Å². The molecule has 0 aromatic heterocycles. The van der Waals surface area contributed by atoms with Gasteiger partial charge < -0.3 is 5.32 Å². The minimum absolute atomic E-state index is 0.0255. The van der Waals surface area contributed by atoms with E-state index in [0.29, 0.717) is 0 Å². The Bertz CT molecular complexity index is 505. The van der Waals surface area contributed by atoms with E-state index in [-0.39, 0.29) is 17.8 Å². The fraction of sp³-hybridized carbons (Fsp3) is 0.100. The van der Waals surface area contributed by atoms with Gasteiger partial charge in [-0.3, -0.25) is 4.79 Å². The summed E-state index contributed by atoms with van der Waals surface area (Å²) in [4.78, 5) is 23.5. The number of carbonyl (C=O) groups excluding carboxylic acids is 2. The Hall–Kier alpha value is -2.42. The predicted molar refractivity (Wildman–Crippen MR) is 52.0 cm³/mol. The van der Waals surface area contributed by atoms with Crippen molar-refractivity contribution in [3.05, 3.63) is 29.6 Å². The molecule has 6 heteroatoms. The van der Waals surface area contributed by atoms with Gasteiger partial charge in [0.05, 0.1) is 12.2 Å². The Morgan fingerprint density at radius 1 is 1.44 bits per heavy atom. The summed E-state index contributed by atoms with van der Waals surface area (Å²) in [5.41, 5.74) is -0.338. The molecule has 1 aliphatic heterocycles. The van der Waals surface area contributed by atoms with Crippen LogP contribution in [0.15, 0.2) is 18.2 Å². The van der Waals surface area contributed by atoms with E-state index in [2.05, 4.69) is 5.32 Å². The van der Waals surface area contributed by atoms with Crippen molar-refractivity contribution in [2.24, 2.45) is 0 Å². The Labute approximate surface area is 90.1 Å². The van der Waals surface area contributed by atoms with Crippen molar-refractivity contribution in [3.63, 3.8) is 0 Å². The van der Waals surface area contributed by atoms with Crippen LogP contribution in [-0.4, -0.2) is 18.5 Å². The molecular formula is C10H6FN3O2. The summed E-state index contributed by atoms with van der Waals surface area (Å²) in [5.74, 6) is -1.26. The Balaban J connectivity index is 2.57. The number of halogens is 1. The third-order valence-corrected chi connectivity index (χ3v) is 2.19. The number of anilines is 1. The van der Waals surface area contributed by atoms with Gasteiger partial charge >= 0.3 is 6.03 Å². The van der Waals surface area contributed by atoms with Crippen LogP contribution < -0.4 is 10.2 Å². The topological polar surface area (TPSA) is 73.2 Å². The largest absolute Gasteiger partial charge is 0.329 e. The Morgan fingerprint density at radius 3 is 2.75 bits per heavy atom. The third kappa shape index (κ3) is 1.39. The second-order valence-electron chi connectivity index (χ2n) is 3.13. The van der Waals surface area contributed by atoms with Gasteiger partial charge in [-0.05, 0) is 12.1 Å². The number of imide groups is 1. The summed E-state index contributed by atoms with van der Waals surface area (Å²) in [6, 6.07) is 4.77. The molecule has 1 aromatic rings. The van der Waals surface area contributed by atoms with Crippen LogP contribution in [0.4, 0.5) is 14.9 Å². The van der Waals surface area contributed by atoms with E-state index in [1.165, 1.54) is 12.1 Å². The molecule has 1 N–H and O–H groups in total. The number of amides is 3. The van der Waals surface area contributed by atoms with Gasteiger partial charge in [0.2, 0.25) is 0 Å². The molecule has 5 nitrogen and oxygen atoms in total. The molecule has 2 rings (SSSR count). The SMILES string of the molecule is N#Cc1c(F)cccc1N1C(=O)CNC1=O. The number of benzene rings is 1. The molecule has 0 unspecified atom stereocenters. The van der Waals surface area contributed by atoms with Crippen molar-refractivity contribution < 1.29 is 14.0 Å². The maximum absolute atomic E-state index is 13.3. The second kappa shape index (κ2) is 3.62. The quantitative estimate of drug-likeness (QED) is 0.708. The van der Waals surface area contributed by atoms with E-state index in [1.807, 2.05) is 0 Å². The molecule has 1 aromatic carbocycles. The summed E-state index contributed by atoms with van der Waals surface area (Å²) in [5, 5.41) is 11.1. The zero-order valence-electron chi connectivity index (χ0n) is 8.03. The molecule has 1 fully saturated rings. The highest BCUT2D eigenvalue weighted by Crippen LogP contribution is 2.24. The molecule has 0 spiro atoms. The van der Waals surface area contributed by atoms with Gasteiger partial charge in [0.15, 0.2) is 0 Å². The average Bonchev–Trinajstić information content (AvgIpc) is 2.58. The number of nitrogens with zero attached hydrogens (tertiary/aromatic N) is 2.